The van der Waals surface area contributed by atoms with Crippen molar-refractivity contribution in [2.24, 2.45) is 0 Å². The maximum absolute atomic E-state index is 11.9. The molecule has 0 aromatic heterocycles. The minimum Gasteiger partial charge on any atom is -0.387 e. The lowest BCUT2D eigenvalue weighted by Crippen LogP contribution is -2.43. The highest BCUT2D eigenvalue weighted by atomic mass is 79.9. The predicted molar refractivity (Wildman–Crippen MR) is 82.5 cm³/mol. The largest absolute Gasteiger partial charge is 0.387 e. The van der Waals surface area contributed by atoms with Gasteiger partial charge in [0, 0.05) is 16.8 Å². The molecule has 1 aliphatic rings. The topological polar surface area (TPSA) is 49.3 Å². The van der Waals surface area contributed by atoms with Crippen molar-refractivity contribution in [3.8, 4) is 0 Å². The number of thioether (sulfide) groups is 1. The minimum atomic E-state index is -0.713. The molecule has 0 unspecified atom stereocenters. The molecule has 19 heavy (non-hydrogen) atoms. The van der Waals surface area contributed by atoms with Crippen LogP contribution >= 0.6 is 27.7 Å². The van der Waals surface area contributed by atoms with Crippen LogP contribution < -0.4 is 5.32 Å². The Kier molecular flexibility index (Phi) is 4.92. The van der Waals surface area contributed by atoms with Crippen LogP contribution in [0.3, 0.4) is 0 Å². The number of hydrogen-bond acceptors (Lipinski definition) is 3. The Labute approximate surface area is 126 Å². The third-order valence-corrected chi connectivity index (χ3v) is 5.08. The van der Waals surface area contributed by atoms with Gasteiger partial charge in [0.2, 0.25) is 5.91 Å². The molecule has 2 N–H and O–H groups in total. The highest BCUT2D eigenvalue weighted by Gasteiger charge is 2.31. The Balaban J connectivity index is 1.87. The molecule has 0 aliphatic carbocycles. The Morgan fingerprint density at radius 2 is 2.37 bits per heavy atom. The van der Waals surface area contributed by atoms with Crippen molar-refractivity contribution in [2.75, 3.05) is 18.1 Å². The van der Waals surface area contributed by atoms with Gasteiger partial charge in [-0.05, 0) is 42.4 Å². The lowest BCUT2D eigenvalue weighted by Gasteiger charge is -2.21. The minimum absolute atomic E-state index is 0.0317. The van der Waals surface area contributed by atoms with E-state index in [1.54, 1.807) is 11.8 Å². The van der Waals surface area contributed by atoms with E-state index < -0.39 is 5.60 Å². The van der Waals surface area contributed by atoms with Crippen LogP contribution in [0.25, 0.3) is 0 Å². The number of amides is 1. The Bertz CT molecular complexity index is 473. The van der Waals surface area contributed by atoms with E-state index >= 15 is 0 Å². The number of halogens is 1. The molecule has 1 saturated heterocycles. The molecule has 104 valence electrons. The van der Waals surface area contributed by atoms with E-state index in [0.717, 1.165) is 27.8 Å². The summed E-state index contributed by atoms with van der Waals surface area (Å²) in [5.74, 6) is 1.65. The molecular formula is C14H18BrNO2S. The molecule has 1 aliphatic heterocycles. The highest BCUT2D eigenvalue weighted by Crippen LogP contribution is 2.27. The lowest BCUT2D eigenvalue weighted by molar-refractivity contribution is -0.121. The van der Waals surface area contributed by atoms with E-state index in [9.17, 15) is 9.90 Å². The molecule has 1 amide bonds. The van der Waals surface area contributed by atoms with E-state index in [0.29, 0.717) is 18.7 Å². The summed E-state index contributed by atoms with van der Waals surface area (Å²) in [5, 5.41) is 13.0. The number of aryl methyl sites for hydroxylation is 1. The molecule has 2 rings (SSSR count). The van der Waals surface area contributed by atoms with Crippen molar-refractivity contribution in [2.45, 2.75) is 25.4 Å². The first-order chi connectivity index (χ1) is 8.98. The standard InChI is InChI=1S/C14H18BrNO2S/c1-10-6-12(15)3-2-11(10)7-13(17)16-8-14(18)4-5-19-9-14/h2-3,6,18H,4-5,7-9H2,1H3,(H,16,17)/t14-/m1/s1. The van der Waals surface area contributed by atoms with Crippen LogP contribution in [0.4, 0.5) is 0 Å². The number of rotatable bonds is 4. The van der Waals surface area contributed by atoms with E-state index in [1.807, 2.05) is 25.1 Å². The summed E-state index contributed by atoms with van der Waals surface area (Å²) in [6, 6.07) is 5.90. The molecule has 0 bridgehead atoms. The van der Waals surface area contributed by atoms with Crippen LogP contribution in [0.5, 0.6) is 0 Å². The van der Waals surface area contributed by atoms with Gasteiger partial charge in [-0.25, -0.2) is 0 Å². The molecule has 5 heteroatoms. The number of aliphatic hydroxyl groups is 1. The average molecular weight is 344 g/mol. The maximum atomic E-state index is 11.9. The van der Waals surface area contributed by atoms with Crippen molar-refractivity contribution < 1.29 is 9.90 Å². The van der Waals surface area contributed by atoms with Gasteiger partial charge in [0.1, 0.15) is 0 Å². The quantitative estimate of drug-likeness (QED) is 0.881. The summed E-state index contributed by atoms with van der Waals surface area (Å²) in [6.07, 6.45) is 1.12. The number of carbonyl (C=O) groups is 1. The summed E-state index contributed by atoms with van der Waals surface area (Å²) in [5.41, 5.74) is 1.41. The van der Waals surface area contributed by atoms with Gasteiger partial charge in [-0.3, -0.25) is 4.79 Å². The first kappa shape index (κ1) is 14.9. The number of hydrogen-bond donors (Lipinski definition) is 2. The second-order valence-corrected chi connectivity index (χ2v) is 7.07. The van der Waals surface area contributed by atoms with Crippen LogP contribution in [-0.2, 0) is 11.2 Å². The second kappa shape index (κ2) is 6.29. The first-order valence-electron chi connectivity index (χ1n) is 6.30. The van der Waals surface area contributed by atoms with Gasteiger partial charge < -0.3 is 10.4 Å². The summed E-state index contributed by atoms with van der Waals surface area (Å²) in [6.45, 7) is 2.35. The SMILES string of the molecule is Cc1cc(Br)ccc1CC(=O)NC[C@]1(O)CCSC1. The van der Waals surface area contributed by atoms with Gasteiger partial charge in [0.25, 0.3) is 0 Å². The Hall–Kier alpha value is -0.520. The molecular weight excluding hydrogens is 326 g/mol. The van der Waals surface area contributed by atoms with Gasteiger partial charge in [0.15, 0.2) is 0 Å². The van der Waals surface area contributed by atoms with Crippen LogP contribution in [-0.4, -0.2) is 34.7 Å². The number of nitrogens with one attached hydrogen (secondary N) is 1. The smallest absolute Gasteiger partial charge is 0.224 e. The van der Waals surface area contributed by atoms with Crippen LogP contribution in [0.1, 0.15) is 17.5 Å². The molecule has 0 radical (unpaired) electrons. The van der Waals surface area contributed by atoms with Crippen LogP contribution in [0.15, 0.2) is 22.7 Å². The molecule has 3 nitrogen and oxygen atoms in total. The third kappa shape index (κ3) is 4.23. The fourth-order valence-electron chi connectivity index (χ4n) is 2.09. The Morgan fingerprint density at radius 1 is 1.58 bits per heavy atom. The fraction of sp³-hybridized carbons (Fsp3) is 0.500. The molecule has 0 saturated carbocycles. The van der Waals surface area contributed by atoms with Gasteiger partial charge in [0.05, 0.1) is 12.0 Å². The van der Waals surface area contributed by atoms with Crippen molar-refractivity contribution in [3.05, 3.63) is 33.8 Å². The molecule has 0 spiro atoms. The molecule has 1 aromatic rings. The molecule has 1 fully saturated rings. The van der Waals surface area contributed by atoms with Crippen molar-refractivity contribution in [3.63, 3.8) is 0 Å². The van der Waals surface area contributed by atoms with E-state index in [2.05, 4.69) is 21.2 Å². The fourth-order valence-corrected chi connectivity index (χ4v) is 3.86. The van der Waals surface area contributed by atoms with Gasteiger partial charge >= 0.3 is 0 Å². The summed E-state index contributed by atoms with van der Waals surface area (Å²) >= 11 is 5.14. The van der Waals surface area contributed by atoms with Gasteiger partial charge in [-0.2, -0.15) is 11.8 Å². The first-order valence-corrected chi connectivity index (χ1v) is 8.25. The van der Waals surface area contributed by atoms with E-state index in [4.69, 9.17) is 0 Å². The zero-order chi connectivity index (χ0) is 13.9. The van der Waals surface area contributed by atoms with Crippen LogP contribution in [0, 0.1) is 6.92 Å². The van der Waals surface area contributed by atoms with Gasteiger partial charge in [-0.1, -0.05) is 22.0 Å². The van der Waals surface area contributed by atoms with E-state index in [-0.39, 0.29) is 5.91 Å². The molecule has 1 atom stereocenters. The molecule has 1 aromatic carbocycles. The Morgan fingerprint density at radius 3 is 3.00 bits per heavy atom. The normalized spacial score (nSPS) is 22.5. The zero-order valence-electron chi connectivity index (χ0n) is 10.9. The lowest BCUT2D eigenvalue weighted by atomic mass is 10.0. The van der Waals surface area contributed by atoms with Gasteiger partial charge in [-0.15, -0.1) is 0 Å². The average Bonchev–Trinajstić information content (AvgIpc) is 2.78. The summed E-state index contributed by atoms with van der Waals surface area (Å²) in [7, 11) is 0. The third-order valence-electron chi connectivity index (χ3n) is 3.35. The van der Waals surface area contributed by atoms with Crippen LogP contribution in [0.2, 0.25) is 0 Å². The number of carbonyl (C=O) groups excluding carboxylic acids is 1. The van der Waals surface area contributed by atoms with Crippen molar-refractivity contribution in [1.29, 1.82) is 0 Å². The zero-order valence-corrected chi connectivity index (χ0v) is 13.3. The van der Waals surface area contributed by atoms with Crippen molar-refractivity contribution >= 4 is 33.6 Å². The summed E-state index contributed by atoms with van der Waals surface area (Å²) < 4.78 is 1.02. The molecule has 1 heterocycles. The van der Waals surface area contributed by atoms with E-state index in [1.165, 1.54) is 0 Å². The number of benzene rings is 1. The second-order valence-electron chi connectivity index (χ2n) is 5.05. The monoisotopic (exact) mass is 343 g/mol. The highest BCUT2D eigenvalue weighted by molar-refractivity contribution is 9.10. The predicted octanol–water partition coefficient (Wildman–Crippen LogP) is 2.28. The summed E-state index contributed by atoms with van der Waals surface area (Å²) in [4.78, 5) is 11.9. The maximum Gasteiger partial charge on any atom is 0.224 e. The van der Waals surface area contributed by atoms with Crippen molar-refractivity contribution in [1.82, 2.24) is 5.32 Å².